The van der Waals surface area contributed by atoms with Crippen LogP contribution in [0, 0.1) is 5.92 Å². The first-order valence-corrected chi connectivity index (χ1v) is 6.90. The van der Waals surface area contributed by atoms with E-state index in [1.807, 2.05) is 6.07 Å². The van der Waals surface area contributed by atoms with Crippen LogP contribution in [-0.2, 0) is 0 Å². The fourth-order valence-corrected chi connectivity index (χ4v) is 2.77. The molecule has 0 spiro atoms. The number of benzene rings is 1. The standard InChI is InChI=1S/C15H23NO4/c1-18-12-5-4-11(14(19-2)15(12)20-3)13(17)10-6-8-16-9-7-10/h4-5,10,13,16-17H,6-9H2,1-3H3. The Kier molecular flexibility index (Phi) is 5.09. The summed E-state index contributed by atoms with van der Waals surface area (Å²) >= 11 is 0. The summed E-state index contributed by atoms with van der Waals surface area (Å²) in [6, 6.07) is 3.66. The molecule has 20 heavy (non-hydrogen) atoms. The van der Waals surface area contributed by atoms with Gasteiger partial charge in [-0.15, -0.1) is 0 Å². The molecule has 2 rings (SSSR count). The Bertz CT molecular complexity index is 444. The maximum absolute atomic E-state index is 10.6. The Balaban J connectivity index is 2.34. The smallest absolute Gasteiger partial charge is 0.203 e. The van der Waals surface area contributed by atoms with Gasteiger partial charge in [-0.05, 0) is 44.0 Å². The largest absolute Gasteiger partial charge is 0.493 e. The number of aliphatic hydroxyl groups is 1. The monoisotopic (exact) mass is 281 g/mol. The SMILES string of the molecule is COc1ccc(C(O)C2CCNCC2)c(OC)c1OC. The van der Waals surface area contributed by atoms with Crippen molar-refractivity contribution in [2.24, 2.45) is 5.92 Å². The van der Waals surface area contributed by atoms with Crippen molar-refractivity contribution in [3.05, 3.63) is 17.7 Å². The van der Waals surface area contributed by atoms with Crippen molar-refractivity contribution >= 4 is 0 Å². The van der Waals surface area contributed by atoms with Crippen LogP contribution in [0.1, 0.15) is 24.5 Å². The quantitative estimate of drug-likeness (QED) is 0.861. The molecule has 1 aliphatic heterocycles. The summed E-state index contributed by atoms with van der Waals surface area (Å²) in [5.41, 5.74) is 0.761. The predicted molar refractivity (Wildman–Crippen MR) is 76.7 cm³/mol. The molecule has 5 heteroatoms. The molecule has 1 aromatic rings. The molecule has 1 atom stereocenters. The van der Waals surface area contributed by atoms with Gasteiger partial charge in [0.2, 0.25) is 5.75 Å². The molecule has 0 amide bonds. The van der Waals surface area contributed by atoms with Gasteiger partial charge in [0.1, 0.15) is 0 Å². The molecule has 0 aliphatic carbocycles. The molecule has 1 fully saturated rings. The van der Waals surface area contributed by atoms with Crippen molar-refractivity contribution in [2.45, 2.75) is 18.9 Å². The van der Waals surface area contributed by atoms with Crippen molar-refractivity contribution in [3.63, 3.8) is 0 Å². The zero-order valence-corrected chi connectivity index (χ0v) is 12.3. The van der Waals surface area contributed by atoms with Crippen LogP contribution in [0.5, 0.6) is 17.2 Å². The Morgan fingerprint density at radius 2 is 1.70 bits per heavy atom. The lowest BCUT2D eigenvalue weighted by molar-refractivity contribution is 0.0859. The van der Waals surface area contributed by atoms with Crippen LogP contribution in [0.2, 0.25) is 0 Å². The van der Waals surface area contributed by atoms with Crippen molar-refractivity contribution in [3.8, 4) is 17.2 Å². The number of hydrogen-bond donors (Lipinski definition) is 2. The molecule has 0 aromatic heterocycles. The molecule has 1 aliphatic rings. The molecule has 112 valence electrons. The van der Waals surface area contributed by atoms with Gasteiger partial charge in [-0.25, -0.2) is 0 Å². The van der Waals surface area contributed by atoms with Crippen LogP contribution in [0.3, 0.4) is 0 Å². The van der Waals surface area contributed by atoms with E-state index in [1.54, 1.807) is 27.4 Å². The summed E-state index contributed by atoms with van der Waals surface area (Å²) in [4.78, 5) is 0. The first kappa shape index (κ1) is 14.9. The molecule has 1 aromatic carbocycles. The molecule has 0 saturated carbocycles. The number of aliphatic hydroxyl groups excluding tert-OH is 1. The highest BCUT2D eigenvalue weighted by Gasteiger charge is 2.28. The Labute approximate surface area is 119 Å². The van der Waals surface area contributed by atoms with E-state index < -0.39 is 6.10 Å². The molecular formula is C15H23NO4. The lowest BCUT2D eigenvalue weighted by Crippen LogP contribution is -2.31. The highest BCUT2D eigenvalue weighted by atomic mass is 16.5. The summed E-state index contributed by atoms with van der Waals surface area (Å²) in [5.74, 6) is 1.92. The summed E-state index contributed by atoms with van der Waals surface area (Å²) in [7, 11) is 4.73. The van der Waals surface area contributed by atoms with Gasteiger partial charge in [-0.1, -0.05) is 0 Å². The summed E-state index contributed by atoms with van der Waals surface area (Å²) in [6.07, 6.45) is 1.36. The van der Waals surface area contributed by atoms with E-state index in [4.69, 9.17) is 14.2 Å². The van der Waals surface area contributed by atoms with Gasteiger partial charge in [0, 0.05) is 5.56 Å². The summed E-state index contributed by atoms with van der Waals surface area (Å²) in [5, 5.41) is 13.9. The van der Waals surface area contributed by atoms with Gasteiger partial charge >= 0.3 is 0 Å². The Morgan fingerprint density at radius 1 is 1.05 bits per heavy atom. The second-order valence-electron chi connectivity index (χ2n) is 4.96. The number of hydrogen-bond acceptors (Lipinski definition) is 5. The maximum Gasteiger partial charge on any atom is 0.203 e. The zero-order valence-electron chi connectivity index (χ0n) is 12.3. The number of piperidine rings is 1. The van der Waals surface area contributed by atoms with Crippen LogP contribution >= 0.6 is 0 Å². The van der Waals surface area contributed by atoms with Gasteiger partial charge in [0.05, 0.1) is 27.4 Å². The van der Waals surface area contributed by atoms with Gasteiger partial charge in [-0.3, -0.25) is 0 Å². The van der Waals surface area contributed by atoms with Gasteiger partial charge < -0.3 is 24.6 Å². The van der Waals surface area contributed by atoms with Gasteiger partial charge in [0.15, 0.2) is 11.5 Å². The van der Waals surface area contributed by atoms with Crippen molar-refractivity contribution in [1.29, 1.82) is 0 Å². The zero-order chi connectivity index (χ0) is 14.5. The maximum atomic E-state index is 10.6. The van der Waals surface area contributed by atoms with E-state index in [-0.39, 0.29) is 5.92 Å². The third-order valence-corrected chi connectivity index (χ3v) is 3.88. The average molecular weight is 281 g/mol. The average Bonchev–Trinajstić information content (AvgIpc) is 2.53. The number of methoxy groups -OCH3 is 3. The van der Waals surface area contributed by atoms with Crippen molar-refractivity contribution in [1.82, 2.24) is 5.32 Å². The first-order chi connectivity index (χ1) is 9.72. The van der Waals surface area contributed by atoms with Crippen LogP contribution in [0.25, 0.3) is 0 Å². The molecule has 0 bridgehead atoms. The van der Waals surface area contributed by atoms with Gasteiger partial charge in [-0.2, -0.15) is 0 Å². The lowest BCUT2D eigenvalue weighted by atomic mass is 9.87. The molecule has 5 nitrogen and oxygen atoms in total. The van der Waals surface area contributed by atoms with Crippen LogP contribution < -0.4 is 19.5 Å². The van der Waals surface area contributed by atoms with Gasteiger partial charge in [0.25, 0.3) is 0 Å². The minimum absolute atomic E-state index is 0.239. The second-order valence-corrected chi connectivity index (χ2v) is 4.96. The van der Waals surface area contributed by atoms with E-state index in [2.05, 4.69) is 5.32 Å². The van der Waals surface area contributed by atoms with E-state index in [0.717, 1.165) is 31.5 Å². The normalized spacial score (nSPS) is 17.6. The molecule has 1 heterocycles. The van der Waals surface area contributed by atoms with E-state index in [1.165, 1.54) is 0 Å². The van der Waals surface area contributed by atoms with Crippen LogP contribution in [0.4, 0.5) is 0 Å². The summed E-state index contributed by atoms with van der Waals surface area (Å²) in [6.45, 7) is 1.88. The summed E-state index contributed by atoms with van der Waals surface area (Å²) < 4.78 is 16.1. The third-order valence-electron chi connectivity index (χ3n) is 3.88. The van der Waals surface area contributed by atoms with E-state index in [9.17, 15) is 5.11 Å². The topological polar surface area (TPSA) is 60.0 Å². The van der Waals surface area contributed by atoms with Crippen molar-refractivity contribution < 1.29 is 19.3 Å². The molecule has 0 radical (unpaired) electrons. The number of rotatable bonds is 5. The predicted octanol–water partition coefficient (Wildman–Crippen LogP) is 1.75. The third kappa shape index (κ3) is 2.83. The molecular weight excluding hydrogens is 258 g/mol. The van der Waals surface area contributed by atoms with E-state index >= 15 is 0 Å². The molecule has 1 unspecified atom stereocenters. The second kappa shape index (κ2) is 6.81. The van der Waals surface area contributed by atoms with Crippen molar-refractivity contribution in [2.75, 3.05) is 34.4 Å². The Hall–Kier alpha value is -1.46. The Morgan fingerprint density at radius 3 is 2.25 bits per heavy atom. The molecule has 1 saturated heterocycles. The molecule has 2 N–H and O–H groups in total. The minimum atomic E-state index is -0.549. The fraction of sp³-hybridized carbons (Fsp3) is 0.600. The first-order valence-electron chi connectivity index (χ1n) is 6.90. The van der Waals surface area contributed by atoms with Crippen LogP contribution in [-0.4, -0.2) is 39.5 Å². The fourth-order valence-electron chi connectivity index (χ4n) is 2.77. The minimum Gasteiger partial charge on any atom is -0.493 e. The highest BCUT2D eigenvalue weighted by Crippen LogP contribution is 2.44. The number of nitrogens with one attached hydrogen (secondary N) is 1. The van der Waals surface area contributed by atoms with Crippen LogP contribution in [0.15, 0.2) is 12.1 Å². The lowest BCUT2D eigenvalue weighted by Gasteiger charge is -2.29. The number of ether oxygens (including phenoxy) is 3. The highest BCUT2D eigenvalue weighted by molar-refractivity contribution is 5.56. The van der Waals surface area contributed by atoms with E-state index in [0.29, 0.717) is 17.2 Å².